The molecular formula is C15H18N2O3S. The third kappa shape index (κ3) is 4.21. The zero-order valence-electron chi connectivity index (χ0n) is 11.9. The molecule has 0 radical (unpaired) electrons. The molecule has 3 N–H and O–H groups in total. The van der Waals surface area contributed by atoms with Crippen molar-refractivity contribution in [2.45, 2.75) is 12.5 Å². The van der Waals surface area contributed by atoms with E-state index in [0.29, 0.717) is 11.4 Å². The summed E-state index contributed by atoms with van der Waals surface area (Å²) in [4.78, 5) is 12.7. The second-order valence-electron chi connectivity index (χ2n) is 4.79. The number of carbonyl (C=O) groups is 1. The normalized spacial score (nSPS) is 13.3. The number of anilines is 1. The van der Waals surface area contributed by atoms with Crippen molar-refractivity contribution in [3.63, 3.8) is 0 Å². The Morgan fingerprint density at radius 3 is 2.86 bits per heavy atom. The van der Waals surface area contributed by atoms with E-state index in [1.54, 1.807) is 38.3 Å². The van der Waals surface area contributed by atoms with E-state index in [4.69, 9.17) is 4.74 Å². The molecule has 1 aromatic carbocycles. The first-order valence-corrected chi connectivity index (χ1v) is 7.34. The summed E-state index contributed by atoms with van der Waals surface area (Å²) in [6.07, 6.45) is 0. The van der Waals surface area contributed by atoms with Crippen molar-refractivity contribution in [2.24, 2.45) is 0 Å². The molecular weight excluding hydrogens is 288 g/mol. The van der Waals surface area contributed by atoms with Crippen molar-refractivity contribution in [1.29, 1.82) is 0 Å². The molecule has 0 bridgehead atoms. The van der Waals surface area contributed by atoms with E-state index in [0.717, 1.165) is 4.88 Å². The average Bonchev–Trinajstić information content (AvgIpc) is 3.00. The molecule has 2 amide bonds. The molecule has 0 aliphatic heterocycles. The van der Waals surface area contributed by atoms with Gasteiger partial charge in [-0.25, -0.2) is 4.79 Å². The molecule has 1 aromatic heterocycles. The number of rotatable bonds is 5. The van der Waals surface area contributed by atoms with Crippen molar-refractivity contribution in [1.82, 2.24) is 5.32 Å². The van der Waals surface area contributed by atoms with E-state index in [1.165, 1.54) is 11.3 Å². The molecule has 1 atom stereocenters. The van der Waals surface area contributed by atoms with Crippen LogP contribution in [-0.2, 0) is 5.60 Å². The summed E-state index contributed by atoms with van der Waals surface area (Å²) in [5.41, 5.74) is -0.456. The van der Waals surface area contributed by atoms with Crippen LogP contribution in [0.1, 0.15) is 11.8 Å². The number of benzene rings is 1. The molecule has 0 aliphatic rings. The predicted molar refractivity (Wildman–Crippen MR) is 83.9 cm³/mol. The van der Waals surface area contributed by atoms with Crippen LogP contribution in [0.3, 0.4) is 0 Å². The molecule has 21 heavy (non-hydrogen) atoms. The minimum atomic E-state index is -1.08. The highest BCUT2D eigenvalue weighted by Gasteiger charge is 2.24. The van der Waals surface area contributed by atoms with Crippen LogP contribution in [0.2, 0.25) is 0 Å². The standard InChI is InChI=1S/C15H18N2O3S/c1-15(19,13-7-4-8-21-13)10-16-14(18)17-11-5-3-6-12(9-11)20-2/h3-9,19H,10H2,1-2H3,(H2,16,17,18). The van der Waals surface area contributed by atoms with Crippen LogP contribution in [0.25, 0.3) is 0 Å². The number of urea groups is 1. The average molecular weight is 306 g/mol. The number of hydrogen-bond donors (Lipinski definition) is 3. The molecule has 0 spiro atoms. The van der Waals surface area contributed by atoms with Gasteiger partial charge in [-0.3, -0.25) is 0 Å². The van der Waals surface area contributed by atoms with Gasteiger partial charge in [0.15, 0.2) is 0 Å². The maximum absolute atomic E-state index is 11.9. The number of thiophene rings is 1. The first-order chi connectivity index (χ1) is 10.0. The van der Waals surface area contributed by atoms with E-state index in [9.17, 15) is 9.90 Å². The summed E-state index contributed by atoms with van der Waals surface area (Å²) in [5.74, 6) is 0.665. The molecule has 5 nitrogen and oxygen atoms in total. The Morgan fingerprint density at radius 2 is 2.19 bits per heavy atom. The first kappa shape index (κ1) is 15.3. The second-order valence-corrected chi connectivity index (χ2v) is 5.74. The van der Waals surface area contributed by atoms with Crippen molar-refractivity contribution in [2.75, 3.05) is 19.0 Å². The fourth-order valence-electron chi connectivity index (χ4n) is 1.80. The highest BCUT2D eigenvalue weighted by atomic mass is 32.1. The van der Waals surface area contributed by atoms with Crippen LogP contribution in [0.4, 0.5) is 10.5 Å². The van der Waals surface area contributed by atoms with E-state index in [2.05, 4.69) is 10.6 Å². The lowest BCUT2D eigenvalue weighted by atomic mass is 10.1. The Bertz CT molecular complexity index is 597. The van der Waals surface area contributed by atoms with Gasteiger partial charge in [-0.15, -0.1) is 11.3 Å². The topological polar surface area (TPSA) is 70.6 Å². The molecule has 1 unspecified atom stereocenters. The second kappa shape index (κ2) is 6.60. The summed E-state index contributed by atoms with van der Waals surface area (Å²) >= 11 is 1.45. The van der Waals surface area contributed by atoms with Gasteiger partial charge in [0.05, 0.1) is 13.7 Å². The number of carbonyl (C=O) groups excluding carboxylic acids is 1. The summed E-state index contributed by atoms with van der Waals surface area (Å²) in [5, 5.41) is 17.6. The van der Waals surface area contributed by atoms with E-state index in [1.807, 2.05) is 17.5 Å². The number of aliphatic hydroxyl groups is 1. The Kier molecular flexibility index (Phi) is 4.82. The lowest BCUT2D eigenvalue weighted by Crippen LogP contribution is -2.40. The van der Waals surface area contributed by atoms with Crippen LogP contribution >= 0.6 is 11.3 Å². The highest BCUT2D eigenvalue weighted by molar-refractivity contribution is 7.10. The molecule has 112 valence electrons. The van der Waals surface area contributed by atoms with Crippen LogP contribution in [-0.4, -0.2) is 24.8 Å². The molecule has 0 saturated carbocycles. The molecule has 6 heteroatoms. The van der Waals surface area contributed by atoms with Crippen molar-refractivity contribution >= 4 is 23.1 Å². The first-order valence-electron chi connectivity index (χ1n) is 6.46. The van der Waals surface area contributed by atoms with Crippen molar-refractivity contribution in [3.05, 3.63) is 46.7 Å². The summed E-state index contributed by atoms with van der Waals surface area (Å²) in [7, 11) is 1.57. The van der Waals surface area contributed by atoms with Gasteiger partial charge in [0.25, 0.3) is 0 Å². The van der Waals surface area contributed by atoms with Crippen LogP contribution in [0.5, 0.6) is 5.75 Å². The fraction of sp³-hybridized carbons (Fsp3) is 0.267. The number of nitrogens with one attached hydrogen (secondary N) is 2. The lowest BCUT2D eigenvalue weighted by Gasteiger charge is -2.22. The summed E-state index contributed by atoms with van der Waals surface area (Å²) in [6.45, 7) is 1.80. The van der Waals surface area contributed by atoms with Crippen LogP contribution < -0.4 is 15.4 Å². The molecule has 2 rings (SSSR count). The number of amides is 2. The summed E-state index contributed by atoms with van der Waals surface area (Å²) < 4.78 is 5.09. The number of hydrogen-bond acceptors (Lipinski definition) is 4. The summed E-state index contributed by atoms with van der Waals surface area (Å²) in [6, 6.07) is 10.4. The van der Waals surface area contributed by atoms with Crippen molar-refractivity contribution in [3.8, 4) is 5.75 Å². The molecule has 0 fully saturated rings. The Hall–Kier alpha value is -2.05. The smallest absolute Gasteiger partial charge is 0.319 e. The quantitative estimate of drug-likeness (QED) is 0.795. The molecule has 0 saturated heterocycles. The third-order valence-electron chi connectivity index (χ3n) is 2.97. The number of methoxy groups -OCH3 is 1. The van der Waals surface area contributed by atoms with Gasteiger partial charge in [-0.05, 0) is 30.5 Å². The fourth-order valence-corrected chi connectivity index (χ4v) is 2.59. The molecule has 2 aromatic rings. The zero-order chi connectivity index (χ0) is 15.3. The maximum Gasteiger partial charge on any atom is 0.319 e. The Morgan fingerprint density at radius 1 is 1.38 bits per heavy atom. The van der Waals surface area contributed by atoms with Crippen molar-refractivity contribution < 1.29 is 14.6 Å². The lowest BCUT2D eigenvalue weighted by molar-refractivity contribution is 0.0637. The minimum absolute atomic E-state index is 0.128. The minimum Gasteiger partial charge on any atom is -0.497 e. The predicted octanol–water partition coefficient (Wildman–Crippen LogP) is 2.79. The zero-order valence-corrected chi connectivity index (χ0v) is 12.7. The highest BCUT2D eigenvalue weighted by Crippen LogP contribution is 2.24. The van der Waals surface area contributed by atoms with Gasteiger partial charge in [0, 0.05) is 16.6 Å². The van der Waals surface area contributed by atoms with Gasteiger partial charge in [-0.2, -0.15) is 0 Å². The van der Waals surface area contributed by atoms with Crippen LogP contribution in [0, 0.1) is 0 Å². The van der Waals surface area contributed by atoms with Gasteiger partial charge in [-0.1, -0.05) is 12.1 Å². The van der Waals surface area contributed by atoms with E-state index < -0.39 is 5.60 Å². The van der Waals surface area contributed by atoms with Crippen LogP contribution in [0.15, 0.2) is 41.8 Å². The van der Waals surface area contributed by atoms with Gasteiger partial charge in [0.1, 0.15) is 11.4 Å². The van der Waals surface area contributed by atoms with Gasteiger partial charge >= 0.3 is 6.03 Å². The third-order valence-corrected chi connectivity index (χ3v) is 4.10. The number of ether oxygens (including phenoxy) is 1. The van der Waals surface area contributed by atoms with Gasteiger partial charge in [0.2, 0.25) is 0 Å². The monoisotopic (exact) mass is 306 g/mol. The Balaban J connectivity index is 1.90. The maximum atomic E-state index is 11.9. The van der Waals surface area contributed by atoms with E-state index in [-0.39, 0.29) is 12.6 Å². The van der Waals surface area contributed by atoms with E-state index >= 15 is 0 Å². The van der Waals surface area contributed by atoms with Gasteiger partial charge < -0.3 is 20.5 Å². The largest absolute Gasteiger partial charge is 0.497 e. The molecule has 0 aliphatic carbocycles. The Labute approximate surface area is 127 Å². The molecule has 1 heterocycles. The SMILES string of the molecule is COc1cccc(NC(=O)NCC(C)(O)c2cccs2)c1.